The second-order valence-corrected chi connectivity index (χ2v) is 2.31. The highest BCUT2D eigenvalue weighted by Gasteiger charge is 2.06. The molecule has 0 saturated heterocycles. The third-order valence-corrected chi connectivity index (χ3v) is 1.20. The molecule has 1 aromatic heterocycles. The van der Waals surface area contributed by atoms with E-state index in [1.807, 2.05) is 13.8 Å². The first-order valence-corrected chi connectivity index (χ1v) is 2.94. The van der Waals surface area contributed by atoms with E-state index in [4.69, 9.17) is 5.11 Å². The molecule has 0 unspecified atom stereocenters. The van der Waals surface area contributed by atoms with E-state index in [1.54, 1.807) is 0 Å². The summed E-state index contributed by atoms with van der Waals surface area (Å²) < 4.78 is 0. The fourth-order valence-electron chi connectivity index (χ4n) is 0.719. The van der Waals surface area contributed by atoms with Gasteiger partial charge in [-0.25, -0.2) is 0 Å². The molecule has 9 heavy (non-hydrogen) atoms. The zero-order valence-corrected chi connectivity index (χ0v) is 5.55. The first kappa shape index (κ1) is 6.13. The Balaban J connectivity index is 2.94. The standard InChI is InChI=1S/C6H10N2O/c1-4(2)6-5(9)3-7-8-6/h3-4,9H,1-2H3,(H,7,8). The molecular formula is C6H10N2O. The highest BCUT2D eigenvalue weighted by Crippen LogP contribution is 2.20. The minimum Gasteiger partial charge on any atom is -0.504 e. The number of aromatic amines is 1. The van der Waals surface area contributed by atoms with Gasteiger partial charge >= 0.3 is 0 Å². The van der Waals surface area contributed by atoms with Gasteiger partial charge in [0.1, 0.15) is 5.69 Å². The van der Waals surface area contributed by atoms with E-state index in [-0.39, 0.29) is 11.7 Å². The topological polar surface area (TPSA) is 48.9 Å². The fourth-order valence-corrected chi connectivity index (χ4v) is 0.719. The molecule has 1 heterocycles. The molecule has 0 fully saturated rings. The van der Waals surface area contributed by atoms with Gasteiger partial charge in [0.25, 0.3) is 0 Å². The molecule has 1 aromatic rings. The molecule has 0 aromatic carbocycles. The van der Waals surface area contributed by atoms with E-state index in [0.717, 1.165) is 5.69 Å². The normalized spacial score (nSPS) is 10.6. The number of H-pyrrole nitrogens is 1. The molecule has 0 aliphatic rings. The third-order valence-electron chi connectivity index (χ3n) is 1.20. The lowest BCUT2D eigenvalue weighted by Gasteiger charge is -1.97. The average molecular weight is 126 g/mol. The van der Waals surface area contributed by atoms with Crippen molar-refractivity contribution in [1.82, 2.24) is 10.2 Å². The predicted octanol–water partition coefficient (Wildman–Crippen LogP) is 1.24. The summed E-state index contributed by atoms with van der Waals surface area (Å²) in [7, 11) is 0. The average Bonchev–Trinajstić information content (AvgIpc) is 2.13. The predicted molar refractivity (Wildman–Crippen MR) is 34.3 cm³/mol. The molecule has 50 valence electrons. The summed E-state index contributed by atoms with van der Waals surface area (Å²) in [5.41, 5.74) is 0.731. The Morgan fingerprint density at radius 1 is 1.67 bits per heavy atom. The van der Waals surface area contributed by atoms with Crippen LogP contribution in [-0.2, 0) is 0 Å². The Bertz CT molecular complexity index is 193. The summed E-state index contributed by atoms with van der Waals surface area (Å²) in [5, 5.41) is 15.4. The van der Waals surface area contributed by atoms with Gasteiger partial charge in [-0.1, -0.05) is 13.8 Å². The highest BCUT2D eigenvalue weighted by molar-refractivity contribution is 5.24. The Morgan fingerprint density at radius 3 is 2.56 bits per heavy atom. The van der Waals surface area contributed by atoms with Gasteiger partial charge in [-0.05, 0) is 0 Å². The molecule has 0 atom stereocenters. The van der Waals surface area contributed by atoms with Gasteiger partial charge in [0.05, 0.1) is 6.20 Å². The van der Waals surface area contributed by atoms with Crippen LogP contribution >= 0.6 is 0 Å². The maximum absolute atomic E-state index is 9.03. The SMILES string of the molecule is CC(C)c1n[nH]cc1O. The van der Waals surface area contributed by atoms with Crippen LogP contribution in [0.25, 0.3) is 0 Å². The quantitative estimate of drug-likeness (QED) is 0.594. The smallest absolute Gasteiger partial charge is 0.156 e. The molecule has 0 bridgehead atoms. The van der Waals surface area contributed by atoms with Crippen molar-refractivity contribution in [3.8, 4) is 5.75 Å². The van der Waals surface area contributed by atoms with Crippen molar-refractivity contribution in [2.75, 3.05) is 0 Å². The van der Waals surface area contributed by atoms with Crippen molar-refractivity contribution in [2.24, 2.45) is 0 Å². The zero-order chi connectivity index (χ0) is 6.85. The van der Waals surface area contributed by atoms with Gasteiger partial charge in [-0.2, -0.15) is 5.10 Å². The van der Waals surface area contributed by atoms with E-state index in [1.165, 1.54) is 6.20 Å². The van der Waals surface area contributed by atoms with Gasteiger partial charge in [-0.3, -0.25) is 5.10 Å². The number of nitrogens with zero attached hydrogens (tertiary/aromatic N) is 1. The van der Waals surface area contributed by atoms with Crippen LogP contribution in [0.3, 0.4) is 0 Å². The number of aromatic nitrogens is 2. The Hall–Kier alpha value is -0.990. The van der Waals surface area contributed by atoms with Crippen molar-refractivity contribution in [3.05, 3.63) is 11.9 Å². The second-order valence-electron chi connectivity index (χ2n) is 2.31. The minimum absolute atomic E-state index is 0.255. The van der Waals surface area contributed by atoms with Crippen molar-refractivity contribution in [3.63, 3.8) is 0 Å². The van der Waals surface area contributed by atoms with E-state index < -0.39 is 0 Å². The molecule has 1 rings (SSSR count). The Morgan fingerprint density at radius 2 is 2.33 bits per heavy atom. The lowest BCUT2D eigenvalue weighted by atomic mass is 10.1. The molecule has 0 amide bonds. The summed E-state index contributed by atoms with van der Waals surface area (Å²) in [6.45, 7) is 3.96. The third kappa shape index (κ3) is 1.04. The first-order valence-electron chi connectivity index (χ1n) is 2.94. The van der Waals surface area contributed by atoms with Gasteiger partial charge in [-0.15, -0.1) is 0 Å². The van der Waals surface area contributed by atoms with Gasteiger partial charge in [0.2, 0.25) is 0 Å². The Kier molecular flexibility index (Phi) is 1.42. The Labute approximate surface area is 53.7 Å². The van der Waals surface area contributed by atoms with Gasteiger partial charge in [0.15, 0.2) is 5.75 Å². The van der Waals surface area contributed by atoms with Gasteiger partial charge < -0.3 is 5.11 Å². The van der Waals surface area contributed by atoms with Crippen molar-refractivity contribution in [2.45, 2.75) is 19.8 Å². The molecule has 3 heteroatoms. The van der Waals surface area contributed by atoms with E-state index in [9.17, 15) is 0 Å². The zero-order valence-electron chi connectivity index (χ0n) is 5.55. The van der Waals surface area contributed by atoms with Crippen molar-refractivity contribution >= 4 is 0 Å². The van der Waals surface area contributed by atoms with E-state index >= 15 is 0 Å². The lowest BCUT2D eigenvalue weighted by molar-refractivity contribution is 0.465. The van der Waals surface area contributed by atoms with Crippen LogP contribution < -0.4 is 0 Å². The summed E-state index contributed by atoms with van der Waals surface area (Å²) in [5.74, 6) is 0.543. The van der Waals surface area contributed by atoms with Crippen LogP contribution in [-0.4, -0.2) is 15.3 Å². The maximum Gasteiger partial charge on any atom is 0.156 e. The van der Waals surface area contributed by atoms with Crippen molar-refractivity contribution in [1.29, 1.82) is 0 Å². The molecule has 0 radical (unpaired) electrons. The number of hydrogen-bond acceptors (Lipinski definition) is 2. The molecule has 2 N–H and O–H groups in total. The highest BCUT2D eigenvalue weighted by atomic mass is 16.3. The van der Waals surface area contributed by atoms with Crippen LogP contribution in [0.5, 0.6) is 5.75 Å². The molecule has 3 nitrogen and oxygen atoms in total. The molecule has 0 spiro atoms. The van der Waals surface area contributed by atoms with Crippen LogP contribution in [0.1, 0.15) is 25.5 Å². The summed E-state index contributed by atoms with van der Waals surface area (Å²) >= 11 is 0. The molecule has 0 saturated carbocycles. The summed E-state index contributed by atoms with van der Waals surface area (Å²) in [6.07, 6.45) is 1.48. The number of rotatable bonds is 1. The molecular weight excluding hydrogens is 116 g/mol. The fraction of sp³-hybridized carbons (Fsp3) is 0.500. The van der Waals surface area contributed by atoms with Crippen LogP contribution in [0.4, 0.5) is 0 Å². The number of hydrogen-bond donors (Lipinski definition) is 2. The maximum atomic E-state index is 9.03. The molecule has 0 aliphatic carbocycles. The van der Waals surface area contributed by atoms with Crippen molar-refractivity contribution < 1.29 is 5.11 Å². The van der Waals surface area contributed by atoms with Crippen LogP contribution in [0.15, 0.2) is 6.20 Å². The minimum atomic E-state index is 0.255. The lowest BCUT2D eigenvalue weighted by Crippen LogP contribution is -1.86. The first-order chi connectivity index (χ1) is 4.22. The summed E-state index contributed by atoms with van der Waals surface area (Å²) in [6, 6.07) is 0. The van der Waals surface area contributed by atoms with Crippen LogP contribution in [0.2, 0.25) is 0 Å². The second kappa shape index (κ2) is 2.09. The number of aromatic hydroxyl groups is 1. The number of nitrogens with one attached hydrogen (secondary N) is 1. The molecule has 0 aliphatic heterocycles. The van der Waals surface area contributed by atoms with E-state index in [2.05, 4.69) is 10.2 Å². The summed E-state index contributed by atoms with van der Waals surface area (Å²) in [4.78, 5) is 0. The van der Waals surface area contributed by atoms with Gasteiger partial charge in [0, 0.05) is 5.92 Å². The monoisotopic (exact) mass is 126 g/mol. The largest absolute Gasteiger partial charge is 0.504 e. The van der Waals surface area contributed by atoms with E-state index in [0.29, 0.717) is 0 Å². The van der Waals surface area contributed by atoms with Crippen LogP contribution in [0, 0.1) is 0 Å².